The number of hydrogen-bond donors (Lipinski definition) is 1. The third-order valence-corrected chi connectivity index (χ3v) is 1.79. The van der Waals surface area contributed by atoms with Crippen LogP contribution in [0.15, 0.2) is 0 Å². The minimum Gasteiger partial charge on any atom is -0.331 e. The van der Waals surface area contributed by atoms with Crippen molar-refractivity contribution in [2.75, 3.05) is 28.2 Å². The number of urea groups is 1. The molecule has 0 unspecified atom stereocenters. The van der Waals surface area contributed by atoms with E-state index in [0.717, 1.165) is 0 Å². The van der Waals surface area contributed by atoms with E-state index in [2.05, 4.69) is 0 Å². The van der Waals surface area contributed by atoms with Crippen molar-refractivity contribution in [3.8, 4) is 0 Å². The molecular formula is C9H17N3O4. The monoisotopic (exact) mass is 231 g/mol. The molecule has 0 radical (unpaired) electrons. The molecule has 0 aromatic heterocycles. The first-order valence-electron chi connectivity index (χ1n) is 4.70. The molecule has 1 fully saturated rings. The van der Waals surface area contributed by atoms with E-state index in [1.54, 1.807) is 28.2 Å². The van der Waals surface area contributed by atoms with Crippen LogP contribution in [0, 0.1) is 0 Å². The first-order chi connectivity index (χ1) is 7.27. The molecule has 16 heavy (non-hydrogen) atoms. The highest BCUT2D eigenvalue weighted by molar-refractivity contribution is 6.00. The van der Waals surface area contributed by atoms with Gasteiger partial charge in [0.1, 0.15) is 0 Å². The number of rotatable bonds is 0. The number of nitrogens with zero attached hydrogens (tertiary/aromatic N) is 3. The standard InChI is InChI=1S/C5H12N2O.C4H5NO3/c1-6(2)5(8)7(3)4;6-3-1-2-4(7)5(3)8/h1-4H3;8H,1-2H2. The van der Waals surface area contributed by atoms with Crippen molar-refractivity contribution in [1.29, 1.82) is 0 Å². The molecule has 7 nitrogen and oxygen atoms in total. The van der Waals surface area contributed by atoms with Crippen molar-refractivity contribution < 1.29 is 19.6 Å². The summed E-state index contributed by atoms with van der Waals surface area (Å²) in [6.45, 7) is 0. The number of carbonyl (C=O) groups excluding carboxylic acids is 3. The first-order valence-corrected chi connectivity index (χ1v) is 4.70. The molecule has 1 aliphatic rings. The van der Waals surface area contributed by atoms with Gasteiger partial charge in [-0.25, -0.2) is 4.79 Å². The highest BCUT2D eigenvalue weighted by Crippen LogP contribution is 2.06. The van der Waals surface area contributed by atoms with Gasteiger partial charge in [-0.15, -0.1) is 0 Å². The van der Waals surface area contributed by atoms with Crippen molar-refractivity contribution in [1.82, 2.24) is 14.9 Å². The summed E-state index contributed by atoms with van der Waals surface area (Å²) in [7, 11) is 6.90. The van der Waals surface area contributed by atoms with Crippen molar-refractivity contribution in [2.24, 2.45) is 0 Å². The largest absolute Gasteiger partial charge is 0.331 e. The molecule has 0 aromatic carbocycles. The number of imide groups is 1. The summed E-state index contributed by atoms with van der Waals surface area (Å²) in [5.74, 6) is -1.01. The highest BCUT2D eigenvalue weighted by Gasteiger charge is 2.26. The normalized spacial score (nSPS) is 14.4. The van der Waals surface area contributed by atoms with Crippen LogP contribution < -0.4 is 0 Å². The lowest BCUT2D eigenvalue weighted by Gasteiger charge is -2.16. The Balaban J connectivity index is 0.000000281. The lowest BCUT2D eigenvalue weighted by molar-refractivity contribution is -0.171. The third kappa shape index (κ3) is 4.26. The Hall–Kier alpha value is -1.63. The summed E-state index contributed by atoms with van der Waals surface area (Å²) >= 11 is 0. The zero-order valence-electron chi connectivity index (χ0n) is 9.93. The van der Waals surface area contributed by atoms with Gasteiger partial charge in [-0.2, -0.15) is 5.06 Å². The summed E-state index contributed by atoms with van der Waals surface area (Å²) in [5, 5.41) is 8.57. The van der Waals surface area contributed by atoms with Gasteiger partial charge in [-0.05, 0) is 0 Å². The van der Waals surface area contributed by atoms with Crippen LogP contribution in [0.25, 0.3) is 0 Å². The maximum absolute atomic E-state index is 10.7. The van der Waals surface area contributed by atoms with E-state index in [1.807, 2.05) is 0 Å². The van der Waals surface area contributed by atoms with Gasteiger partial charge in [0, 0.05) is 41.0 Å². The molecule has 1 heterocycles. The Kier molecular flexibility index (Phi) is 5.44. The summed E-state index contributed by atoms with van der Waals surface area (Å²) in [6.07, 6.45) is 0.296. The van der Waals surface area contributed by atoms with Gasteiger partial charge < -0.3 is 9.80 Å². The summed E-state index contributed by atoms with van der Waals surface area (Å²) in [5.41, 5.74) is 0. The smallest absolute Gasteiger partial charge is 0.318 e. The second kappa shape index (κ2) is 6.06. The van der Waals surface area contributed by atoms with Crippen LogP contribution in [0.2, 0.25) is 0 Å². The van der Waals surface area contributed by atoms with Crippen LogP contribution in [0.1, 0.15) is 12.8 Å². The molecule has 4 amide bonds. The molecule has 0 aliphatic carbocycles. The molecule has 0 aromatic rings. The van der Waals surface area contributed by atoms with Crippen LogP contribution in [-0.2, 0) is 9.59 Å². The van der Waals surface area contributed by atoms with E-state index < -0.39 is 11.8 Å². The van der Waals surface area contributed by atoms with Gasteiger partial charge in [-0.1, -0.05) is 0 Å². The zero-order chi connectivity index (χ0) is 12.9. The van der Waals surface area contributed by atoms with Gasteiger partial charge in [0.15, 0.2) is 0 Å². The highest BCUT2D eigenvalue weighted by atomic mass is 16.5. The van der Waals surface area contributed by atoms with E-state index in [-0.39, 0.29) is 23.9 Å². The Morgan fingerprint density at radius 1 is 1.06 bits per heavy atom. The predicted octanol–water partition coefficient (Wildman–Crippen LogP) is -0.246. The number of hydroxylamine groups is 2. The lowest BCUT2D eigenvalue weighted by Crippen LogP contribution is -2.33. The molecule has 0 spiro atoms. The molecule has 1 rings (SSSR count). The molecule has 1 aliphatic heterocycles. The second-order valence-corrected chi connectivity index (χ2v) is 3.67. The van der Waals surface area contributed by atoms with E-state index in [0.29, 0.717) is 0 Å². The minimum atomic E-state index is -0.505. The maximum Gasteiger partial charge on any atom is 0.318 e. The molecule has 0 bridgehead atoms. The molecule has 0 atom stereocenters. The number of hydrogen-bond acceptors (Lipinski definition) is 4. The SMILES string of the molecule is CN(C)C(=O)N(C)C.O=C1CCC(=O)N1O. The van der Waals surface area contributed by atoms with E-state index in [9.17, 15) is 14.4 Å². The molecular weight excluding hydrogens is 214 g/mol. The average Bonchev–Trinajstić information content (AvgIpc) is 2.49. The van der Waals surface area contributed by atoms with Gasteiger partial charge >= 0.3 is 6.03 Å². The second-order valence-electron chi connectivity index (χ2n) is 3.67. The van der Waals surface area contributed by atoms with E-state index in [4.69, 9.17) is 5.21 Å². The first kappa shape index (κ1) is 14.4. The van der Waals surface area contributed by atoms with Crippen molar-refractivity contribution in [2.45, 2.75) is 12.8 Å². The quantitative estimate of drug-likeness (QED) is 0.460. The summed E-state index contributed by atoms with van der Waals surface area (Å²) < 4.78 is 0. The Labute approximate surface area is 94.2 Å². The van der Waals surface area contributed by atoms with Gasteiger partial charge in [-0.3, -0.25) is 14.8 Å². The topological polar surface area (TPSA) is 81.2 Å². The molecule has 0 saturated carbocycles. The fourth-order valence-electron chi connectivity index (χ4n) is 0.965. The Morgan fingerprint density at radius 2 is 1.38 bits per heavy atom. The van der Waals surface area contributed by atoms with Crippen molar-refractivity contribution in [3.05, 3.63) is 0 Å². The maximum atomic E-state index is 10.7. The molecule has 7 heteroatoms. The van der Waals surface area contributed by atoms with Gasteiger partial charge in [0.05, 0.1) is 0 Å². The Bertz CT molecular complexity index is 262. The molecule has 92 valence electrons. The van der Waals surface area contributed by atoms with Crippen LogP contribution in [0.4, 0.5) is 4.79 Å². The third-order valence-electron chi connectivity index (χ3n) is 1.79. The number of carbonyl (C=O) groups is 3. The lowest BCUT2D eigenvalue weighted by atomic mass is 10.4. The Morgan fingerprint density at radius 3 is 1.44 bits per heavy atom. The van der Waals surface area contributed by atoms with Gasteiger partial charge in [0.2, 0.25) is 0 Å². The minimum absolute atomic E-state index is 0.0185. The van der Waals surface area contributed by atoms with Crippen molar-refractivity contribution >= 4 is 17.8 Å². The van der Waals surface area contributed by atoms with Crippen molar-refractivity contribution in [3.63, 3.8) is 0 Å². The molecule has 1 saturated heterocycles. The number of amides is 4. The van der Waals surface area contributed by atoms with Crippen LogP contribution >= 0.6 is 0 Å². The fraction of sp³-hybridized carbons (Fsp3) is 0.667. The average molecular weight is 231 g/mol. The summed E-state index contributed by atoms with van der Waals surface area (Å²) in [4.78, 5) is 34.2. The van der Waals surface area contributed by atoms with Crippen LogP contribution in [0.5, 0.6) is 0 Å². The fourth-order valence-corrected chi connectivity index (χ4v) is 0.965. The van der Waals surface area contributed by atoms with Crippen LogP contribution in [-0.4, -0.2) is 66.1 Å². The van der Waals surface area contributed by atoms with E-state index >= 15 is 0 Å². The van der Waals surface area contributed by atoms with Gasteiger partial charge in [0.25, 0.3) is 11.8 Å². The molecule has 1 N–H and O–H groups in total. The van der Waals surface area contributed by atoms with Crippen LogP contribution in [0.3, 0.4) is 0 Å². The van der Waals surface area contributed by atoms with E-state index in [1.165, 1.54) is 9.80 Å². The zero-order valence-corrected chi connectivity index (χ0v) is 9.93. The summed E-state index contributed by atoms with van der Waals surface area (Å²) in [6, 6.07) is 0.0185. The predicted molar refractivity (Wildman–Crippen MR) is 55.6 cm³/mol.